The molecular weight excluding hydrogens is 188 g/mol. The van der Waals surface area contributed by atoms with Crippen molar-refractivity contribution in [3.63, 3.8) is 0 Å². The highest BCUT2D eigenvalue weighted by Gasteiger charge is 1.87. The zero-order chi connectivity index (χ0) is 10.9. The van der Waals surface area contributed by atoms with Gasteiger partial charge in [-0.15, -0.1) is 0 Å². The highest BCUT2D eigenvalue weighted by Crippen LogP contribution is 2.08. The standard InChI is InChI=1S/C8H6N2.C4H10O/c1-2-4-8-6-10-9-5-7(8)3-1;1-3-5-4-2/h1-6H;3-4H2,1-2H3. The zero-order valence-corrected chi connectivity index (χ0v) is 9.18. The van der Waals surface area contributed by atoms with E-state index < -0.39 is 0 Å². The maximum atomic E-state index is 4.83. The molecule has 0 aliphatic carbocycles. The Balaban J connectivity index is 0.000000195. The van der Waals surface area contributed by atoms with Gasteiger partial charge in [0, 0.05) is 24.0 Å². The molecule has 1 aromatic heterocycles. The molecule has 0 aliphatic heterocycles. The molecule has 3 heteroatoms. The normalized spacial score (nSPS) is 9.47. The Morgan fingerprint density at radius 2 is 1.40 bits per heavy atom. The Hall–Kier alpha value is -1.48. The summed E-state index contributed by atoms with van der Waals surface area (Å²) in [7, 11) is 0. The van der Waals surface area contributed by atoms with Gasteiger partial charge in [0.15, 0.2) is 0 Å². The van der Waals surface area contributed by atoms with Gasteiger partial charge < -0.3 is 4.74 Å². The summed E-state index contributed by atoms with van der Waals surface area (Å²) in [5, 5.41) is 9.80. The fraction of sp³-hybridized carbons (Fsp3) is 0.333. The van der Waals surface area contributed by atoms with Crippen molar-refractivity contribution in [3.8, 4) is 0 Å². The van der Waals surface area contributed by atoms with Crippen LogP contribution in [0.4, 0.5) is 0 Å². The molecular formula is C12H16N2O. The minimum atomic E-state index is 0.844. The molecule has 2 rings (SSSR count). The van der Waals surface area contributed by atoms with Gasteiger partial charge in [0.05, 0.1) is 12.4 Å². The lowest BCUT2D eigenvalue weighted by Gasteiger charge is -1.90. The number of benzene rings is 1. The smallest absolute Gasteiger partial charge is 0.0574 e. The third-order valence-corrected chi connectivity index (χ3v) is 1.86. The molecule has 2 aromatic rings. The first-order chi connectivity index (χ1) is 7.38. The second-order valence-electron chi connectivity index (χ2n) is 2.90. The molecule has 0 aliphatic rings. The quantitative estimate of drug-likeness (QED) is 0.754. The van der Waals surface area contributed by atoms with E-state index in [0.717, 1.165) is 24.0 Å². The van der Waals surface area contributed by atoms with Gasteiger partial charge >= 0.3 is 0 Å². The Bertz CT molecular complexity index is 323. The van der Waals surface area contributed by atoms with Gasteiger partial charge in [-0.2, -0.15) is 10.2 Å². The second kappa shape index (κ2) is 6.90. The maximum Gasteiger partial charge on any atom is 0.0574 e. The average Bonchev–Trinajstić information content (AvgIpc) is 2.31. The van der Waals surface area contributed by atoms with Crippen LogP contribution < -0.4 is 0 Å². The van der Waals surface area contributed by atoms with Crippen molar-refractivity contribution in [2.75, 3.05) is 13.2 Å². The van der Waals surface area contributed by atoms with Crippen molar-refractivity contribution in [3.05, 3.63) is 36.7 Å². The van der Waals surface area contributed by atoms with Crippen LogP contribution in [-0.2, 0) is 4.74 Å². The molecule has 0 saturated carbocycles. The van der Waals surface area contributed by atoms with E-state index in [-0.39, 0.29) is 0 Å². The van der Waals surface area contributed by atoms with Crippen LogP contribution >= 0.6 is 0 Å². The van der Waals surface area contributed by atoms with Gasteiger partial charge in [0.2, 0.25) is 0 Å². The first-order valence-corrected chi connectivity index (χ1v) is 5.11. The number of aromatic nitrogens is 2. The fourth-order valence-corrected chi connectivity index (χ4v) is 1.14. The number of rotatable bonds is 2. The van der Waals surface area contributed by atoms with Crippen LogP contribution in [0.3, 0.4) is 0 Å². The van der Waals surface area contributed by atoms with Crippen LogP contribution in [0, 0.1) is 0 Å². The summed E-state index contributed by atoms with van der Waals surface area (Å²) < 4.78 is 4.83. The lowest BCUT2D eigenvalue weighted by molar-refractivity contribution is 0.162. The average molecular weight is 204 g/mol. The van der Waals surface area contributed by atoms with Crippen molar-refractivity contribution in [2.45, 2.75) is 13.8 Å². The van der Waals surface area contributed by atoms with E-state index in [4.69, 9.17) is 4.74 Å². The zero-order valence-electron chi connectivity index (χ0n) is 9.18. The highest BCUT2D eigenvalue weighted by atomic mass is 16.5. The van der Waals surface area contributed by atoms with Crippen molar-refractivity contribution < 1.29 is 4.74 Å². The lowest BCUT2D eigenvalue weighted by atomic mass is 10.2. The molecule has 0 saturated heterocycles. The van der Waals surface area contributed by atoms with Crippen LogP contribution in [0.1, 0.15) is 13.8 Å². The second-order valence-corrected chi connectivity index (χ2v) is 2.90. The van der Waals surface area contributed by atoms with E-state index in [0.29, 0.717) is 0 Å². The van der Waals surface area contributed by atoms with Gasteiger partial charge in [-0.25, -0.2) is 0 Å². The summed E-state index contributed by atoms with van der Waals surface area (Å²) in [4.78, 5) is 0. The Morgan fingerprint density at radius 3 is 1.73 bits per heavy atom. The van der Waals surface area contributed by atoms with Crippen molar-refractivity contribution >= 4 is 10.8 Å². The van der Waals surface area contributed by atoms with Crippen molar-refractivity contribution in [2.24, 2.45) is 0 Å². The first-order valence-electron chi connectivity index (χ1n) is 5.11. The molecule has 0 bridgehead atoms. The minimum absolute atomic E-state index is 0.844. The molecule has 0 amide bonds. The Kier molecular flexibility index (Phi) is 5.33. The van der Waals surface area contributed by atoms with E-state index in [1.165, 1.54) is 0 Å². The van der Waals surface area contributed by atoms with Crippen LogP contribution in [0.25, 0.3) is 10.8 Å². The highest BCUT2D eigenvalue weighted by molar-refractivity contribution is 5.80. The minimum Gasteiger partial charge on any atom is -0.382 e. The molecule has 80 valence electrons. The lowest BCUT2D eigenvalue weighted by Crippen LogP contribution is -1.84. The van der Waals surface area contributed by atoms with Gasteiger partial charge in [-0.1, -0.05) is 24.3 Å². The Labute approximate surface area is 90.1 Å². The van der Waals surface area contributed by atoms with E-state index in [1.807, 2.05) is 38.1 Å². The number of hydrogen-bond donors (Lipinski definition) is 0. The van der Waals surface area contributed by atoms with Crippen LogP contribution in [-0.4, -0.2) is 23.4 Å². The molecule has 15 heavy (non-hydrogen) atoms. The molecule has 1 heterocycles. The molecule has 0 atom stereocenters. The van der Waals surface area contributed by atoms with E-state index in [2.05, 4.69) is 10.2 Å². The van der Waals surface area contributed by atoms with E-state index >= 15 is 0 Å². The van der Waals surface area contributed by atoms with E-state index in [1.54, 1.807) is 12.4 Å². The summed E-state index contributed by atoms with van der Waals surface area (Å²) in [5.74, 6) is 0. The fourth-order valence-electron chi connectivity index (χ4n) is 1.14. The molecule has 0 radical (unpaired) electrons. The third-order valence-electron chi connectivity index (χ3n) is 1.86. The predicted octanol–water partition coefficient (Wildman–Crippen LogP) is 2.67. The van der Waals surface area contributed by atoms with Crippen LogP contribution in [0.5, 0.6) is 0 Å². The maximum absolute atomic E-state index is 4.83. The van der Waals surface area contributed by atoms with E-state index in [9.17, 15) is 0 Å². The summed E-state index contributed by atoms with van der Waals surface area (Å²) in [6.07, 6.45) is 3.52. The SMILES string of the molecule is CCOCC.c1ccc2cnncc2c1. The molecule has 0 spiro atoms. The van der Waals surface area contributed by atoms with Crippen molar-refractivity contribution in [1.29, 1.82) is 0 Å². The van der Waals surface area contributed by atoms with Crippen molar-refractivity contribution in [1.82, 2.24) is 10.2 Å². The van der Waals surface area contributed by atoms with Crippen LogP contribution in [0.2, 0.25) is 0 Å². The summed E-state index contributed by atoms with van der Waals surface area (Å²) in [5.41, 5.74) is 0. The molecule has 0 N–H and O–H groups in total. The first kappa shape index (κ1) is 11.6. The van der Waals surface area contributed by atoms with Gasteiger partial charge in [-0.3, -0.25) is 0 Å². The van der Waals surface area contributed by atoms with Gasteiger partial charge in [0.25, 0.3) is 0 Å². The van der Waals surface area contributed by atoms with Gasteiger partial charge in [0.1, 0.15) is 0 Å². The number of nitrogens with zero attached hydrogens (tertiary/aromatic N) is 2. The summed E-state index contributed by atoms with van der Waals surface area (Å²) in [6, 6.07) is 8.02. The topological polar surface area (TPSA) is 35.0 Å². The largest absolute Gasteiger partial charge is 0.382 e. The number of ether oxygens (including phenoxy) is 1. The Morgan fingerprint density at radius 1 is 0.933 bits per heavy atom. The molecule has 1 aromatic carbocycles. The number of fused-ring (bicyclic) bond motifs is 1. The molecule has 0 fully saturated rings. The summed E-state index contributed by atoms with van der Waals surface area (Å²) in [6.45, 7) is 5.67. The van der Waals surface area contributed by atoms with Crippen LogP contribution in [0.15, 0.2) is 36.7 Å². The molecule has 3 nitrogen and oxygen atoms in total. The van der Waals surface area contributed by atoms with Gasteiger partial charge in [-0.05, 0) is 13.8 Å². The summed E-state index contributed by atoms with van der Waals surface area (Å²) >= 11 is 0. The molecule has 0 unspecified atom stereocenters. The predicted molar refractivity (Wildman–Crippen MR) is 61.7 cm³/mol. The third kappa shape index (κ3) is 4.04. The monoisotopic (exact) mass is 204 g/mol. The number of hydrogen-bond acceptors (Lipinski definition) is 3.